The van der Waals surface area contributed by atoms with E-state index in [0.717, 1.165) is 5.69 Å². The van der Waals surface area contributed by atoms with Gasteiger partial charge in [0.2, 0.25) is 0 Å². The molecule has 2 aliphatic rings. The first-order valence-corrected chi connectivity index (χ1v) is 7.63. The Morgan fingerprint density at radius 3 is 2.37 bits per heavy atom. The second kappa shape index (κ2) is 4.82. The van der Waals surface area contributed by atoms with Crippen LogP contribution in [-0.4, -0.2) is 22.9 Å². The van der Waals surface area contributed by atoms with Crippen LogP contribution in [0.2, 0.25) is 0 Å². The van der Waals surface area contributed by atoms with E-state index in [0.29, 0.717) is 12.0 Å². The fourth-order valence-corrected chi connectivity index (χ4v) is 4.14. The number of aromatic nitrogens is 2. The number of hydrogen-bond acceptors (Lipinski definition) is 3. The molecule has 0 unspecified atom stereocenters. The van der Waals surface area contributed by atoms with E-state index < -0.39 is 0 Å². The molecule has 2 heterocycles. The van der Waals surface area contributed by atoms with Crippen molar-refractivity contribution >= 4 is 5.82 Å². The molecule has 1 aromatic heterocycles. The van der Waals surface area contributed by atoms with Crippen molar-refractivity contribution in [1.29, 1.82) is 0 Å². The molecule has 1 aliphatic heterocycles. The van der Waals surface area contributed by atoms with Gasteiger partial charge in [0.25, 0.3) is 0 Å². The lowest BCUT2D eigenvalue weighted by atomic mass is 9.77. The number of aryl methyl sites for hydroxylation is 2. The number of rotatable bonds is 2. The first kappa shape index (κ1) is 13.0. The molecule has 3 rings (SSSR count). The largest absolute Gasteiger partial charge is 0.357 e. The van der Waals surface area contributed by atoms with Crippen molar-refractivity contribution in [3.63, 3.8) is 0 Å². The number of nitrogens with two attached hydrogens (primary N) is 1. The van der Waals surface area contributed by atoms with Gasteiger partial charge in [-0.25, -0.2) is 0 Å². The zero-order valence-electron chi connectivity index (χ0n) is 12.3. The summed E-state index contributed by atoms with van der Waals surface area (Å²) in [5.41, 5.74) is 8.89. The minimum absolute atomic E-state index is 0.594. The summed E-state index contributed by atoms with van der Waals surface area (Å²) in [6.45, 7) is 5.00. The Morgan fingerprint density at radius 2 is 1.79 bits per heavy atom. The molecule has 1 aromatic rings. The van der Waals surface area contributed by atoms with Gasteiger partial charge < -0.3 is 10.6 Å². The summed E-state index contributed by atoms with van der Waals surface area (Å²) in [7, 11) is 2.04. The minimum atomic E-state index is 0.594. The Labute approximate surface area is 116 Å². The van der Waals surface area contributed by atoms with Crippen LogP contribution in [0.15, 0.2) is 0 Å². The Kier molecular flexibility index (Phi) is 3.29. The van der Waals surface area contributed by atoms with Gasteiger partial charge in [0.1, 0.15) is 5.82 Å². The smallest absolute Gasteiger partial charge is 0.131 e. The number of piperidine rings is 1. The summed E-state index contributed by atoms with van der Waals surface area (Å²) in [6, 6.07) is 0. The lowest BCUT2D eigenvalue weighted by Gasteiger charge is -2.40. The molecule has 1 spiro atoms. The molecule has 2 fully saturated rings. The topological polar surface area (TPSA) is 47.1 Å². The molecule has 0 aromatic carbocycles. The molecular weight excluding hydrogens is 236 g/mol. The van der Waals surface area contributed by atoms with Crippen LogP contribution in [0.4, 0.5) is 5.82 Å². The zero-order valence-corrected chi connectivity index (χ0v) is 12.3. The van der Waals surface area contributed by atoms with Crippen LogP contribution in [-0.2, 0) is 13.6 Å². The summed E-state index contributed by atoms with van der Waals surface area (Å²) in [6.07, 6.45) is 8.49. The van der Waals surface area contributed by atoms with Gasteiger partial charge in [-0.3, -0.25) is 4.68 Å². The minimum Gasteiger partial charge on any atom is -0.357 e. The third-order valence-corrected chi connectivity index (χ3v) is 5.31. The van der Waals surface area contributed by atoms with Gasteiger partial charge in [0.15, 0.2) is 0 Å². The zero-order chi connectivity index (χ0) is 13.5. The molecule has 1 aliphatic carbocycles. The summed E-state index contributed by atoms with van der Waals surface area (Å²) < 4.78 is 2.02. The monoisotopic (exact) mass is 262 g/mol. The van der Waals surface area contributed by atoms with Crippen LogP contribution in [0.1, 0.15) is 49.8 Å². The molecule has 0 amide bonds. The van der Waals surface area contributed by atoms with Crippen molar-refractivity contribution in [1.82, 2.24) is 9.78 Å². The van der Waals surface area contributed by atoms with E-state index in [1.807, 2.05) is 11.7 Å². The molecule has 0 atom stereocenters. The van der Waals surface area contributed by atoms with Crippen LogP contribution in [0.5, 0.6) is 0 Å². The van der Waals surface area contributed by atoms with Crippen molar-refractivity contribution in [3.8, 4) is 0 Å². The van der Waals surface area contributed by atoms with E-state index in [9.17, 15) is 0 Å². The van der Waals surface area contributed by atoms with Gasteiger partial charge in [0, 0.05) is 32.2 Å². The van der Waals surface area contributed by atoms with Crippen LogP contribution >= 0.6 is 0 Å². The van der Waals surface area contributed by atoms with Crippen LogP contribution in [0, 0.1) is 12.3 Å². The average molecular weight is 262 g/mol. The first-order chi connectivity index (χ1) is 9.15. The van der Waals surface area contributed by atoms with Crippen molar-refractivity contribution in [2.75, 3.05) is 18.0 Å². The van der Waals surface area contributed by atoms with Crippen molar-refractivity contribution in [2.24, 2.45) is 18.2 Å². The molecule has 1 saturated carbocycles. The molecule has 0 radical (unpaired) electrons. The fraction of sp³-hybridized carbons (Fsp3) is 0.800. The third-order valence-electron chi connectivity index (χ3n) is 5.31. The molecule has 0 bridgehead atoms. The molecule has 4 heteroatoms. The first-order valence-electron chi connectivity index (χ1n) is 7.63. The fourth-order valence-electron chi connectivity index (χ4n) is 4.14. The normalized spacial score (nSPS) is 22.4. The summed E-state index contributed by atoms with van der Waals surface area (Å²) >= 11 is 0. The Morgan fingerprint density at radius 1 is 1.16 bits per heavy atom. The second-order valence-electron chi connectivity index (χ2n) is 6.41. The highest BCUT2D eigenvalue weighted by Gasteiger charge is 2.37. The molecule has 2 N–H and O–H groups in total. The standard InChI is InChI=1S/C15H26N4/c1-12-13(11-16)14(18(2)17-12)19-9-7-15(8-10-19)5-3-4-6-15/h3-11,16H2,1-2H3. The van der Waals surface area contributed by atoms with Crippen LogP contribution in [0.3, 0.4) is 0 Å². The van der Waals surface area contributed by atoms with E-state index in [1.165, 1.54) is 63.0 Å². The Hall–Kier alpha value is -1.03. The van der Waals surface area contributed by atoms with E-state index in [4.69, 9.17) is 5.73 Å². The van der Waals surface area contributed by atoms with Crippen LogP contribution in [0.25, 0.3) is 0 Å². The molecular formula is C15H26N4. The molecule has 1 saturated heterocycles. The Bertz CT molecular complexity index is 447. The number of nitrogens with zero attached hydrogens (tertiary/aromatic N) is 3. The lowest BCUT2D eigenvalue weighted by Crippen LogP contribution is -2.40. The average Bonchev–Trinajstić information content (AvgIpc) is 2.96. The van der Waals surface area contributed by atoms with Gasteiger partial charge in [-0.15, -0.1) is 0 Å². The van der Waals surface area contributed by atoms with Gasteiger partial charge >= 0.3 is 0 Å². The van der Waals surface area contributed by atoms with E-state index >= 15 is 0 Å². The van der Waals surface area contributed by atoms with Crippen LogP contribution < -0.4 is 10.6 Å². The van der Waals surface area contributed by atoms with Gasteiger partial charge in [-0.1, -0.05) is 12.8 Å². The molecule has 4 nitrogen and oxygen atoms in total. The van der Waals surface area contributed by atoms with Gasteiger partial charge in [-0.2, -0.15) is 5.10 Å². The maximum Gasteiger partial charge on any atom is 0.131 e. The number of hydrogen-bond donors (Lipinski definition) is 1. The summed E-state index contributed by atoms with van der Waals surface area (Å²) in [5.74, 6) is 1.26. The quantitative estimate of drug-likeness (QED) is 0.890. The highest BCUT2D eigenvalue weighted by molar-refractivity contribution is 5.50. The summed E-state index contributed by atoms with van der Waals surface area (Å²) in [4.78, 5) is 2.51. The van der Waals surface area contributed by atoms with Gasteiger partial charge in [0.05, 0.1) is 5.69 Å². The molecule has 106 valence electrons. The maximum absolute atomic E-state index is 5.91. The SMILES string of the molecule is Cc1nn(C)c(N2CCC3(CCCC3)CC2)c1CN. The highest BCUT2D eigenvalue weighted by atomic mass is 15.4. The summed E-state index contributed by atoms with van der Waals surface area (Å²) in [5, 5.41) is 4.54. The number of anilines is 1. The lowest BCUT2D eigenvalue weighted by molar-refractivity contribution is 0.225. The van der Waals surface area contributed by atoms with E-state index in [2.05, 4.69) is 16.9 Å². The molecule has 19 heavy (non-hydrogen) atoms. The van der Waals surface area contributed by atoms with Crippen molar-refractivity contribution in [3.05, 3.63) is 11.3 Å². The van der Waals surface area contributed by atoms with Crippen molar-refractivity contribution in [2.45, 2.75) is 52.0 Å². The predicted octanol–water partition coefficient (Wildman–Crippen LogP) is 2.35. The van der Waals surface area contributed by atoms with Gasteiger partial charge in [-0.05, 0) is 38.0 Å². The van der Waals surface area contributed by atoms with E-state index in [1.54, 1.807) is 0 Å². The van der Waals surface area contributed by atoms with E-state index in [-0.39, 0.29) is 0 Å². The maximum atomic E-state index is 5.91. The Balaban J connectivity index is 1.78. The predicted molar refractivity (Wildman–Crippen MR) is 78.2 cm³/mol. The third kappa shape index (κ3) is 2.16. The highest BCUT2D eigenvalue weighted by Crippen LogP contribution is 2.46. The second-order valence-corrected chi connectivity index (χ2v) is 6.41. The van der Waals surface area contributed by atoms with Crippen molar-refractivity contribution < 1.29 is 0 Å².